The van der Waals surface area contributed by atoms with Crippen LogP contribution in [0.2, 0.25) is 0 Å². The highest BCUT2D eigenvalue weighted by Crippen LogP contribution is 2.37. The second-order valence-electron chi connectivity index (χ2n) is 7.02. The Morgan fingerprint density at radius 2 is 2.12 bits per heavy atom. The SMILES string of the molecule is Cc1cnn(C2CN(CC(=O)NC3CCCC(C(F)(F)F)C3)C2)c1. The number of likely N-dealkylation sites (tertiary alicyclic amines) is 1. The molecule has 134 valence electrons. The Morgan fingerprint density at radius 1 is 1.38 bits per heavy atom. The summed E-state index contributed by atoms with van der Waals surface area (Å²) in [5.41, 5.74) is 1.10. The molecule has 2 aliphatic rings. The summed E-state index contributed by atoms with van der Waals surface area (Å²) in [6.45, 7) is 3.70. The first kappa shape index (κ1) is 17.3. The van der Waals surface area contributed by atoms with Gasteiger partial charge >= 0.3 is 6.18 Å². The number of rotatable bonds is 4. The molecule has 1 amide bonds. The second kappa shape index (κ2) is 6.74. The molecule has 0 aromatic carbocycles. The van der Waals surface area contributed by atoms with Crippen LogP contribution in [0.25, 0.3) is 0 Å². The van der Waals surface area contributed by atoms with Crippen LogP contribution in [-0.4, -0.2) is 52.4 Å². The molecule has 8 heteroatoms. The Bertz CT molecular complexity index is 580. The first-order chi connectivity index (χ1) is 11.3. The lowest BCUT2D eigenvalue weighted by molar-refractivity contribution is -0.184. The summed E-state index contributed by atoms with van der Waals surface area (Å²) in [6, 6.07) is -0.0838. The van der Waals surface area contributed by atoms with E-state index in [-0.39, 0.29) is 37.4 Å². The van der Waals surface area contributed by atoms with E-state index in [1.165, 1.54) is 0 Å². The summed E-state index contributed by atoms with van der Waals surface area (Å²) in [4.78, 5) is 14.0. The van der Waals surface area contributed by atoms with Crippen molar-refractivity contribution in [2.45, 2.75) is 50.9 Å². The van der Waals surface area contributed by atoms with Crippen molar-refractivity contribution in [1.29, 1.82) is 0 Å². The van der Waals surface area contributed by atoms with Gasteiger partial charge in [-0.25, -0.2) is 0 Å². The molecule has 1 saturated heterocycles. The van der Waals surface area contributed by atoms with Crippen LogP contribution in [0.5, 0.6) is 0 Å². The molecule has 2 unspecified atom stereocenters. The third-order valence-electron chi connectivity index (χ3n) is 4.91. The number of hydrogen-bond donors (Lipinski definition) is 1. The maximum absolute atomic E-state index is 12.8. The number of carbonyl (C=O) groups excluding carboxylic acids is 1. The van der Waals surface area contributed by atoms with Crippen molar-refractivity contribution in [3.63, 3.8) is 0 Å². The summed E-state index contributed by atoms with van der Waals surface area (Å²) in [5.74, 6) is -1.47. The van der Waals surface area contributed by atoms with E-state index in [4.69, 9.17) is 0 Å². The standard InChI is InChI=1S/C16H23F3N4O/c1-11-6-20-23(7-11)14-8-22(9-14)10-15(24)21-13-4-2-3-12(5-13)16(17,18)19/h6-7,12-14H,2-5,8-10H2,1H3,(H,21,24). The molecule has 24 heavy (non-hydrogen) atoms. The molecule has 5 nitrogen and oxygen atoms in total. The summed E-state index contributed by atoms with van der Waals surface area (Å²) < 4.78 is 40.3. The molecule has 2 heterocycles. The Morgan fingerprint density at radius 3 is 2.75 bits per heavy atom. The molecule has 0 spiro atoms. The minimum atomic E-state index is -4.16. The molecule has 1 aromatic heterocycles. The van der Waals surface area contributed by atoms with Gasteiger partial charge in [0.25, 0.3) is 0 Å². The molecule has 2 fully saturated rings. The molecule has 1 aliphatic carbocycles. The predicted octanol–water partition coefficient (Wildman–Crippen LogP) is 2.29. The molecule has 1 aliphatic heterocycles. The maximum atomic E-state index is 12.8. The molecule has 1 saturated carbocycles. The molecular formula is C16H23F3N4O. The summed E-state index contributed by atoms with van der Waals surface area (Å²) in [5, 5.41) is 7.03. The van der Waals surface area contributed by atoms with Crippen LogP contribution in [0.1, 0.15) is 37.3 Å². The van der Waals surface area contributed by atoms with E-state index in [0.29, 0.717) is 12.8 Å². The van der Waals surface area contributed by atoms with Crippen LogP contribution >= 0.6 is 0 Å². The highest BCUT2D eigenvalue weighted by atomic mass is 19.4. The Balaban J connectivity index is 1.40. The van der Waals surface area contributed by atoms with Gasteiger partial charge in [0.15, 0.2) is 0 Å². The number of nitrogens with one attached hydrogen (secondary N) is 1. The van der Waals surface area contributed by atoms with Crippen molar-refractivity contribution in [2.24, 2.45) is 5.92 Å². The van der Waals surface area contributed by atoms with E-state index in [1.807, 2.05) is 22.7 Å². The lowest BCUT2D eigenvalue weighted by Crippen LogP contribution is -2.53. The predicted molar refractivity (Wildman–Crippen MR) is 82.4 cm³/mol. The molecule has 1 aromatic rings. The van der Waals surface area contributed by atoms with Gasteiger partial charge in [0.2, 0.25) is 5.91 Å². The van der Waals surface area contributed by atoms with E-state index in [0.717, 1.165) is 18.7 Å². The zero-order valence-electron chi connectivity index (χ0n) is 13.7. The van der Waals surface area contributed by atoms with Crippen molar-refractivity contribution in [3.8, 4) is 0 Å². The Kier molecular flexibility index (Phi) is 4.85. The van der Waals surface area contributed by atoms with Crippen LogP contribution in [0.3, 0.4) is 0 Å². The minimum absolute atomic E-state index is 0.00439. The summed E-state index contributed by atoms with van der Waals surface area (Å²) in [7, 11) is 0. The van der Waals surface area contributed by atoms with E-state index in [9.17, 15) is 18.0 Å². The van der Waals surface area contributed by atoms with E-state index < -0.39 is 12.1 Å². The van der Waals surface area contributed by atoms with Crippen LogP contribution in [0.15, 0.2) is 12.4 Å². The van der Waals surface area contributed by atoms with Gasteiger partial charge in [-0.1, -0.05) is 6.42 Å². The fraction of sp³-hybridized carbons (Fsp3) is 0.750. The molecule has 0 bridgehead atoms. The molecule has 0 radical (unpaired) electrons. The smallest absolute Gasteiger partial charge is 0.352 e. The van der Waals surface area contributed by atoms with Crippen molar-refractivity contribution >= 4 is 5.91 Å². The first-order valence-corrected chi connectivity index (χ1v) is 8.40. The Labute approximate surface area is 139 Å². The van der Waals surface area contributed by atoms with Crippen LogP contribution in [0, 0.1) is 12.8 Å². The number of aryl methyl sites for hydroxylation is 1. The highest BCUT2D eigenvalue weighted by molar-refractivity contribution is 5.78. The van der Waals surface area contributed by atoms with Gasteiger partial charge in [0, 0.05) is 25.3 Å². The fourth-order valence-electron chi connectivity index (χ4n) is 3.57. The number of hydrogen-bond acceptors (Lipinski definition) is 3. The van der Waals surface area contributed by atoms with Crippen LogP contribution in [0.4, 0.5) is 13.2 Å². The van der Waals surface area contributed by atoms with E-state index in [1.54, 1.807) is 6.20 Å². The number of aromatic nitrogens is 2. The third kappa shape index (κ3) is 4.09. The normalized spacial score (nSPS) is 26.2. The van der Waals surface area contributed by atoms with Crippen LogP contribution < -0.4 is 5.32 Å². The fourth-order valence-corrected chi connectivity index (χ4v) is 3.57. The van der Waals surface area contributed by atoms with Gasteiger partial charge < -0.3 is 5.32 Å². The quantitative estimate of drug-likeness (QED) is 0.912. The monoisotopic (exact) mass is 344 g/mol. The van der Waals surface area contributed by atoms with E-state index in [2.05, 4.69) is 10.4 Å². The highest BCUT2D eigenvalue weighted by Gasteiger charge is 2.42. The average Bonchev–Trinajstić information content (AvgIpc) is 2.88. The Hall–Kier alpha value is -1.57. The van der Waals surface area contributed by atoms with Crippen LogP contribution in [-0.2, 0) is 4.79 Å². The zero-order valence-corrected chi connectivity index (χ0v) is 13.7. The number of alkyl halides is 3. The minimum Gasteiger partial charge on any atom is -0.352 e. The number of amides is 1. The van der Waals surface area contributed by atoms with Gasteiger partial charge in [-0.15, -0.1) is 0 Å². The number of halogens is 3. The summed E-state index contributed by atoms with van der Waals surface area (Å²) >= 11 is 0. The van der Waals surface area contributed by atoms with Gasteiger partial charge in [0.1, 0.15) is 0 Å². The van der Waals surface area contributed by atoms with Crippen molar-refractivity contribution in [3.05, 3.63) is 18.0 Å². The number of carbonyl (C=O) groups is 1. The van der Waals surface area contributed by atoms with Gasteiger partial charge in [-0.2, -0.15) is 18.3 Å². The molecule has 3 rings (SSSR count). The zero-order chi connectivity index (χ0) is 17.3. The lowest BCUT2D eigenvalue weighted by atomic mass is 9.85. The number of nitrogens with zero attached hydrogens (tertiary/aromatic N) is 3. The van der Waals surface area contributed by atoms with Gasteiger partial charge in [-0.05, 0) is 31.7 Å². The second-order valence-corrected chi connectivity index (χ2v) is 7.02. The van der Waals surface area contributed by atoms with Crippen molar-refractivity contribution in [2.75, 3.05) is 19.6 Å². The molecule has 2 atom stereocenters. The third-order valence-corrected chi connectivity index (χ3v) is 4.91. The maximum Gasteiger partial charge on any atom is 0.391 e. The molecular weight excluding hydrogens is 321 g/mol. The van der Waals surface area contributed by atoms with Gasteiger partial charge in [-0.3, -0.25) is 14.4 Å². The first-order valence-electron chi connectivity index (χ1n) is 8.40. The lowest BCUT2D eigenvalue weighted by Gasteiger charge is -2.39. The van der Waals surface area contributed by atoms with Crippen molar-refractivity contribution in [1.82, 2.24) is 20.0 Å². The van der Waals surface area contributed by atoms with E-state index >= 15 is 0 Å². The topological polar surface area (TPSA) is 50.2 Å². The summed E-state index contributed by atoms with van der Waals surface area (Å²) in [6.07, 6.45) is 0.942. The molecule has 1 N–H and O–H groups in total. The largest absolute Gasteiger partial charge is 0.391 e. The average molecular weight is 344 g/mol. The van der Waals surface area contributed by atoms with Gasteiger partial charge in [0.05, 0.1) is 24.7 Å². The van der Waals surface area contributed by atoms with Crippen molar-refractivity contribution < 1.29 is 18.0 Å².